The Morgan fingerprint density at radius 2 is 1.86 bits per heavy atom. The molecular formula is C16H12N2O4. The lowest BCUT2D eigenvalue weighted by Crippen LogP contribution is -2.09. The first kappa shape index (κ1) is 15.2. The lowest BCUT2D eigenvalue weighted by atomic mass is 10.1. The van der Waals surface area contributed by atoms with E-state index in [4.69, 9.17) is 10.00 Å². The van der Waals surface area contributed by atoms with Crippen LogP contribution < -0.4 is 0 Å². The van der Waals surface area contributed by atoms with E-state index in [1.807, 2.05) is 6.07 Å². The number of hydrogen-bond acceptors (Lipinski definition) is 5. The second kappa shape index (κ2) is 6.99. The molecule has 6 heteroatoms. The molecule has 0 bridgehead atoms. The van der Waals surface area contributed by atoms with E-state index in [0.717, 1.165) is 5.56 Å². The number of hydrogen-bond donors (Lipinski definition) is 0. The summed E-state index contributed by atoms with van der Waals surface area (Å²) in [7, 11) is 0. The maximum absolute atomic E-state index is 11.8. The quantitative estimate of drug-likeness (QED) is 0.480. The molecule has 22 heavy (non-hydrogen) atoms. The second-order valence-corrected chi connectivity index (χ2v) is 4.53. The van der Waals surface area contributed by atoms with Crippen molar-refractivity contribution in [1.82, 2.24) is 0 Å². The van der Waals surface area contributed by atoms with Crippen LogP contribution in [0, 0.1) is 21.4 Å². The van der Waals surface area contributed by atoms with Crippen LogP contribution in [0.25, 0.3) is 0 Å². The van der Waals surface area contributed by atoms with Crippen LogP contribution >= 0.6 is 0 Å². The van der Waals surface area contributed by atoms with E-state index in [1.165, 1.54) is 12.1 Å². The fraction of sp³-hybridized carbons (Fsp3) is 0.125. The molecule has 0 aliphatic carbocycles. The third kappa shape index (κ3) is 3.90. The molecule has 0 aromatic heterocycles. The highest BCUT2D eigenvalue weighted by Gasteiger charge is 2.16. The molecule has 0 radical (unpaired) electrons. The van der Waals surface area contributed by atoms with Gasteiger partial charge in [0.25, 0.3) is 5.69 Å². The Kier molecular flexibility index (Phi) is 4.83. The molecule has 2 aromatic rings. The van der Waals surface area contributed by atoms with Gasteiger partial charge >= 0.3 is 5.97 Å². The van der Waals surface area contributed by atoms with Gasteiger partial charge in [-0.1, -0.05) is 30.3 Å². The number of carbonyl (C=O) groups is 1. The maximum atomic E-state index is 11.8. The van der Waals surface area contributed by atoms with Crippen molar-refractivity contribution in [2.24, 2.45) is 0 Å². The molecule has 0 N–H and O–H groups in total. The fourth-order valence-corrected chi connectivity index (χ4v) is 1.88. The van der Waals surface area contributed by atoms with Gasteiger partial charge in [-0.15, -0.1) is 0 Å². The number of nitro groups is 1. The van der Waals surface area contributed by atoms with E-state index in [0.29, 0.717) is 11.1 Å². The fourth-order valence-electron chi connectivity index (χ4n) is 1.88. The first-order valence-corrected chi connectivity index (χ1v) is 6.47. The standard InChI is InChI=1S/C16H12N2O4/c17-10-12-5-7-13(8-6-12)11-22-16(19)9-14-3-1-2-4-15(14)18(20)21/h1-8H,9,11H2. The average molecular weight is 296 g/mol. The zero-order valence-corrected chi connectivity index (χ0v) is 11.6. The van der Waals surface area contributed by atoms with Crippen molar-refractivity contribution in [2.75, 3.05) is 0 Å². The highest BCUT2D eigenvalue weighted by Crippen LogP contribution is 2.18. The van der Waals surface area contributed by atoms with Crippen molar-refractivity contribution in [3.8, 4) is 6.07 Å². The van der Waals surface area contributed by atoms with Crippen LogP contribution in [0.1, 0.15) is 16.7 Å². The molecule has 0 saturated heterocycles. The van der Waals surface area contributed by atoms with Crippen LogP contribution in [0.3, 0.4) is 0 Å². The molecule has 0 atom stereocenters. The predicted octanol–water partition coefficient (Wildman–Crippen LogP) is 2.75. The van der Waals surface area contributed by atoms with Gasteiger partial charge in [-0.05, 0) is 17.7 Å². The normalized spacial score (nSPS) is 9.77. The smallest absolute Gasteiger partial charge is 0.310 e. The number of rotatable bonds is 5. The topological polar surface area (TPSA) is 93.2 Å². The minimum absolute atomic E-state index is 0.0607. The van der Waals surface area contributed by atoms with Crippen molar-refractivity contribution in [3.63, 3.8) is 0 Å². The van der Waals surface area contributed by atoms with Crippen molar-refractivity contribution in [1.29, 1.82) is 5.26 Å². The minimum Gasteiger partial charge on any atom is -0.461 e. The molecule has 0 amide bonds. The number of ether oxygens (including phenoxy) is 1. The van der Waals surface area contributed by atoms with Crippen LogP contribution in [0.5, 0.6) is 0 Å². The Morgan fingerprint density at radius 3 is 2.50 bits per heavy atom. The van der Waals surface area contributed by atoms with Gasteiger partial charge in [-0.3, -0.25) is 14.9 Å². The van der Waals surface area contributed by atoms with E-state index < -0.39 is 10.9 Å². The first-order valence-electron chi connectivity index (χ1n) is 6.47. The predicted molar refractivity (Wildman–Crippen MR) is 77.8 cm³/mol. The number of benzene rings is 2. The van der Waals surface area contributed by atoms with Crippen molar-refractivity contribution >= 4 is 11.7 Å². The molecule has 2 aromatic carbocycles. The van der Waals surface area contributed by atoms with E-state index in [-0.39, 0.29) is 18.7 Å². The van der Waals surface area contributed by atoms with Crippen LogP contribution in [-0.4, -0.2) is 10.9 Å². The van der Waals surface area contributed by atoms with Crippen molar-refractivity contribution in [3.05, 3.63) is 75.3 Å². The van der Waals surface area contributed by atoms with E-state index >= 15 is 0 Å². The van der Waals surface area contributed by atoms with Gasteiger partial charge in [0, 0.05) is 11.6 Å². The highest BCUT2D eigenvalue weighted by atomic mass is 16.6. The van der Waals surface area contributed by atoms with Gasteiger partial charge in [0.05, 0.1) is 23.0 Å². The number of para-hydroxylation sites is 1. The summed E-state index contributed by atoms with van der Waals surface area (Å²) >= 11 is 0. The lowest BCUT2D eigenvalue weighted by molar-refractivity contribution is -0.385. The molecule has 2 rings (SSSR count). The zero-order valence-electron chi connectivity index (χ0n) is 11.6. The number of esters is 1. The molecule has 0 fully saturated rings. The van der Waals surface area contributed by atoms with E-state index in [1.54, 1.807) is 36.4 Å². The van der Waals surface area contributed by atoms with Gasteiger partial charge in [0.2, 0.25) is 0 Å². The SMILES string of the molecule is N#Cc1ccc(COC(=O)Cc2ccccc2[N+](=O)[O-])cc1. The van der Waals surface area contributed by atoms with Crippen LogP contribution in [0.4, 0.5) is 5.69 Å². The zero-order chi connectivity index (χ0) is 15.9. The summed E-state index contributed by atoms with van der Waals surface area (Å²) in [6.07, 6.45) is -0.159. The molecule has 0 heterocycles. The van der Waals surface area contributed by atoms with Crippen LogP contribution in [0.2, 0.25) is 0 Å². The van der Waals surface area contributed by atoms with Gasteiger partial charge in [-0.25, -0.2) is 0 Å². The second-order valence-electron chi connectivity index (χ2n) is 4.53. The number of nitro benzene ring substituents is 1. The Morgan fingerprint density at radius 1 is 1.18 bits per heavy atom. The molecule has 0 unspecified atom stereocenters. The summed E-state index contributed by atoms with van der Waals surface area (Å²) < 4.78 is 5.10. The monoisotopic (exact) mass is 296 g/mol. The summed E-state index contributed by atoms with van der Waals surface area (Å²) in [6, 6.07) is 14.7. The van der Waals surface area contributed by atoms with Crippen molar-refractivity contribution in [2.45, 2.75) is 13.0 Å². The van der Waals surface area contributed by atoms with Gasteiger partial charge < -0.3 is 4.74 Å². The number of nitriles is 1. The summed E-state index contributed by atoms with van der Waals surface area (Å²) in [6.45, 7) is 0.0607. The minimum atomic E-state index is -0.543. The Balaban J connectivity index is 1.96. The van der Waals surface area contributed by atoms with E-state index in [2.05, 4.69) is 0 Å². The first-order chi connectivity index (χ1) is 10.6. The third-order valence-electron chi connectivity index (χ3n) is 3.01. The molecule has 110 valence electrons. The van der Waals surface area contributed by atoms with Crippen LogP contribution in [-0.2, 0) is 22.6 Å². The largest absolute Gasteiger partial charge is 0.461 e. The van der Waals surface area contributed by atoms with Crippen LogP contribution in [0.15, 0.2) is 48.5 Å². The molecule has 0 aliphatic rings. The lowest BCUT2D eigenvalue weighted by Gasteiger charge is -2.05. The summed E-state index contributed by atoms with van der Waals surface area (Å²) in [4.78, 5) is 22.1. The molecular weight excluding hydrogens is 284 g/mol. The third-order valence-corrected chi connectivity index (χ3v) is 3.01. The van der Waals surface area contributed by atoms with Crippen molar-refractivity contribution < 1.29 is 14.5 Å². The maximum Gasteiger partial charge on any atom is 0.310 e. The van der Waals surface area contributed by atoms with Gasteiger partial charge in [0.1, 0.15) is 6.61 Å². The molecule has 0 aliphatic heterocycles. The van der Waals surface area contributed by atoms with E-state index in [9.17, 15) is 14.9 Å². The Labute approximate surface area is 126 Å². The molecule has 6 nitrogen and oxygen atoms in total. The average Bonchev–Trinajstić information content (AvgIpc) is 2.53. The Hall–Kier alpha value is -3.20. The summed E-state index contributed by atoms with van der Waals surface area (Å²) in [5.74, 6) is -0.543. The molecule has 0 saturated carbocycles. The number of nitrogens with zero attached hydrogens (tertiary/aromatic N) is 2. The Bertz CT molecular complexity index is 733. The molecule has 0 spiro atoms. The summed E-state index contributed by atoms with van der Waals surface area (Å²) in [5, 5.41) is 19.6. The van der Waals surface area contributed by atoms with Gasteiger partial charge in [-0.2, -0.15) is 5.26 Å². The van der Waals surface area contributed by atoms with Gasteiger partial charge in [0.15, 0.2) is 0 Å². The number of carbonyl (C=O) groups excluding carboxylic acids is 1. The highest BCUT2D eigenvalue weighted by molar-refractivity contribution is 5.74. The summed E-state index contributed by atoms with van der Waals surface area (Å²) in [5.41, 5.74) is 1.49.